The van der Waals surface area contributed by atoms with Crippen molar-refractivity contribution in [3.63, 3.8) is 0 Å². The number of aromatic nitrogens is 1. The fraction of sp³-hybridized carbons (Fsp3) is 0.667. The van der Waals surface area contributed by atoms with Crippen LogP contribution in [0.15, 0.2) is 18.3 Å². The van der Waals surface area contributed by atoms with Crippen molar-refractivity contribution < 1.29 is 5.11 Å². The second-order valence-corrected chi connectivity index (χ2v) is 5.63. The predicted molar refractivity (Wildman–Crippen MR) is 72.5 cm³/mol. The summed E-state index contributed by atoms with van der Waals surface area (Å²) in [4.78, 5) is 7.01. The number of aliphatic hydroxyl groups excluding tert-OH is 1. The molecular weight excluding hydrogens is 224 g/mol. The van der Waals surface area contributed by atoms with Gasteiger partial charge in [0.2, 0.25) is 0 Å². The van der Waals surface area contributed by atoms with Crippen LogP contribution in [-0.2, 0) is 6.61 Å². The molecule has 3 nitrogen and oxygen atoms in total. The van der Waals surface area contributed by atoms with Gasteiger partial charge in [0, 0.05) is 18.8 Å². The summed E-state index contributed by atoms with van der Waals surface area (Å²) < 4.78 is 0. The second kappa shape index (κ2) is 5.27. The maximum absolute atomic E-state index is 9.25. The van der Waals surface area contributed by atoms with Crippen molar-refractivity contribution in [2.75, 3.05) is 11.4 Å². The van der Waals surface area contributed by atoms with Crippen LogP contribution in [0.2, 0.25) is 0 Å². The normalized spacial score (nSPS) is 27.9. The van der Waals surface area contributed by atoms with Gasteiger partial charge in [0.15, 0.2) is 0 Å². The van der Waals surface area contributed by atoms with Crippen LogP contribution in [0, 0.1) is 5.92 Å². The molecule has 98 valence electrons. The van der Waals surface area contributed by atoms with Crippen LogP contribution in [0.4, 0.5) is 5.82 Å². The van der Waals surface area contributed by atoms with E-state index in [0.29, 0.717) is 6.04 Å². The van der Waals surface area contributed by atoms with E-state index < -0.39 is 0 Å². The van der Waals surface area contributed by atoms with Gasteiger partial charge in [-0.25, -0.2) is 4.98 Å². The third-order valence-electron chi connectivity index (χ3n) is 4.53. The van der Waals surface area contributed by atoms with Crippen LogP contribution >= 0.6 is 0 Å². The van der Waals surface area contributed by atoms with Gasteiger partial charge in [-0.1, -0.05) is 12.8 Å². The molecule has 1 aliphatic heterocycles. The minimum atomic E-state index is 0.109. The van der Waals surface area contributed by atoms with Gasteiger partial charge in [-0.2, -0.15) is 0 Å². The summed E-state index contributed by atoms with van der Waals surface area (Å²) >= 11 is 0. The van der Waals surface area contributed by atoms with Gasteiger partial charge >= 0.3 is 0 Å². The maximum Gasteiger partial charge on any atom is 0.129 e. The number of piperidine rings is 1. The van der Waals surface area contributed by atoms with E-state index in [4.69, 9.17) is 0 Å². The summed E-state index contributed by atoms with van der Waals surface area (Å²) in [7, 11) is 0. The summed E-state index contributed by atoms with van der Waals surface area (Å²) in [6, 6.07) is 4.64. The highest BCUT2D eigenvalue weighted by molar-refractivity contribution is 5.43. The molecule has 1 saturated carbocycles. The molecule has 0 spiro atoms. The molecule has 1 aromatic heterocycles. The average molecular weight is 246 g/mol. The Bertz CT molecular complexity index is 405. The monoisotopic (exact) mass is 246 g/mol. The van der Waals surface area contributed by atoms with Crippen LogP contribution in [0.1, 0.15) is 44.1 Å². The molecule has 2 unspecified atom stereocenters. The molecule has 3 heteroatoms. The van der Waals surface area contributed by atoms with E-state index in [1.54, 1.807) is 0 Å². The first-order chi connectivity index (χ1) is 8.88. The van der Waals surface area contributed by atoms with Crippen molar-refractivity contribution in [2.45, 2.75) is 51.2 Å². The molecule has 18 heavy (non-hydrogen) atoms. The first-order valence-electron chi connectivity index (χ1n) is 7.21. The van der Waals surface area contributed by atoms with Crippen molar-refractivity contribution >= 4 is 5.82 Å². The number of hydrogen-bond acceptors (Lipinski definition) is 3. The van der Waals surface area contributed by atoms with Crippen molar-refractivity contribution in [1.82, 2.24) is 4.98 Å². The lowest BCUT2D eigenvalue weighted by atomic mass is 9.78. The molecular formula is C15H22N2O. The lowest BCUT2D eigenvalue weighted by molar-refractivity contribution is 0.242. The lowest BCUT2D eigenvalue weighted by Crippen LogP contribution is -2.47. The highest BCUT2D eigenvalue weighted by Crippen LogP contribution is 2.37. The van der Waals surface area contributed by atoms with Gasteiger partial charge in [0.25, 0.3) is 0 Å². The molecule has 2 atom stereocenters. The zero-order valence-electron chi connectivity index (χ0n) is 10.9. The molecule has 1 N–H and O–H groups in total. The standard InChI is InChI=1S/C15H22N2O/c18-11-12-7-8-16-15(10-12)17-9-3-5-13-4-1-2-6-14(13)17/h7-8,10,13-14,18H,1-6,9,11H2. The van der Waals surface area contributed by atoms with E-state index in [1.165, 1.54) is 38.5 Å². The third kappa shape index (κ3) is 2.24. The Morgan fingerprint density at radius 2 is 2.06 bits per heavy atom. The van der Waals surface area contributed by atoms with E-state index in [2.05, 4.69) is 16.0 Å². The molecule has 1 aliphatic carbocycles. The summed E-state index contributed by atoms with van der Waals surface area (Å²) in [5, 5.41) is 9.25. The minimum Gasteiger partial charge on any atom is -0.392 e. The molecule has 2 fully saturated rings. The summed E-state index contributed by atoms with van der Waals surface area (Å²) in [6.45, 7) is 1.24. The van der Waals surface area contributed by atoms with Gasteiger partial charge in [-0.05, 0) is 49.3 Å². The summed E-state index contributed by atoms with van der Waals surface area (Å²) in [5.41, 5.74) is 0.970. The molecule has 0 bridgehead atoms. The van der Waals surface area contributed by atoms with Crippen molar-refractivity contribution in [3.05, 3.63) is 23.9 Å². The quantitative estimate of drug-likeness (QED) is 0.871. The maximum atomic E-state index is 9.25. The Kier molecular flexibility index (Phi) is 3.50. The first kappa shape index (κ1) is 12.0. The van der Waals surface area contributed by atoms with Crippen molar-refractivity contribution in [3.8, 4) is 0 Å². The van der Waals surface area contributed by atoms with Crippen LogP contribution in [0.3, 0.4) is 0 Å². The Hall–Kier alpha value is -1.09. The molecule has 0 aromatic carbocycles. The van der Waals surface area contributed by atoms with E-state index in [0.717, 1.165) is 23.8 Å². The average Bonchev–Trinajstić information content (AvgIpc) is 2.47. The zero-order valence-corrected chi connectivity index (χ0v) is 10.9. The number of anilines is 1. The summed E-state index contributed by atoms with van der Waals surface area (Å²) in [6.07, 6.45) is 9.97. The Balaban J connectivity index is 1.84. The highest BCUT2D eigenvalue weighted by Gasteiger charge is 2.33. The zero-order chi connectivity index (χ0) is 12.4. The number of rotatable bonds is 2. The van der Waals surface area contributed by atoms with Gasteiger partial charge in [0.05, 0.1) is 6.61 Å². The van der Waals surface area contributed by atoms with E-state index in [9.17, 15) is 5.11 Å². The number of nitrogens with zero attached hydrogens (tertiary/aromatic N) is 2. The van der Waals surface area contributed by atoms with E-state index in [1.807, 2.05) is 12.3 Å². The van der Waals surface area contributed by atoms with Crippen LogP contribution in [-0.4, -0.2) is 22.7 Å². The second-order valence-electron chi connectivity index (χ2n) is 5.63. The van der Waals surface area contributed by atoms with E-state index >= 15 is 0 Å². The topological polar surface area (TPSA) is 36.4 Å². The predicted octanol–water partition coefficient (Wildman–Crippen LogP) is 2.73. The van der Waals surface area contributed by atoms with Gasteiger partial charge in [-0.3, -0.25) is 0 Å². The minimum absolute atomic E-state index is 0.109. The number of hydrogen-bond donors (Lipinski definition) is 1. The Morgan fingerprint density at radius 3 is 2.94 bits per heavy atom. The first-order valence-corrected chi connectivity index (χ1v) is 7.21. The van der Waals surface area contributed by atoms with E-state index in [-0.39, 0.29) is 6.61 Å². The fourth-order valence-electron chi connectivity index (χ4n) is 3.63. The SMILES string of the molecule is OCc1ccnc(N2CCCC3CCCCC32)c1. The number of aliphatic hydroxyl groups is 1. The van der Waals surface area contributed by atoms with Crippen molar-refractivity contribution in [2.24, 2.45) is 5.92 Å². The Labute approximate surface area is 109 Å². The highest BCUT2D eigenvalue weighted by atomic mass is 16.3. The van der Waals surface area contributed by atoms with Gasteiger partial charge in [-0.15, -0.1) is 0 Å². The molecule has 1 saturated heterocycles. The van der Waals surface area contributed by atoms with Crippen LogP contribution in [0.5, 0.6) is 0 Å². The molecule has 2 aliphatic rings. The van der Waals surface area contributed by atoms with Gasteiger partial charge in [0.1, 0.15) is 5.82 Å². The number of pyridine rings is 1. The Morgan fingerprint density at radius 1 is 1.22 bits per heavy atom. The molecule has 0 amide bonds. The lowest BCUT2D eigenvalue weighted by Gasteiger charge is -2.44. The molecule has 3 rings (SSSR count). The van der Waals surface area contributed by atoms with Gasteiger partial charge < -0.3 is 10.0 Å². The fourth-order valence-corrected chi connectivity index (χ4v) is 3.63. The number of fused-ring (bicyclic) bond motifs is 1. The van der Waals surface area contributed by atoms with Crippen LogP contribution < -0.4 is 4.90 Å². The van der Waals surface area contributed by atoms with Crippen LogP contribution in [0.25, 0.3) is 0 Å². The molecule has 2 heterocycles. The third-order valence-corrected chi connectivity index (χ3v) is 4.53. The van der Waals surface area contributed by atoms with Crippen molar-refractivity contribution in [1.29, 1.82) is 0 Å². The molecule has 0 radical (unpaired) electrons. The smallest absolute Gasteiger partial charge is 0.129 e. The largest absolute Gasteiger partial charge is 0.392 e. The summed E-state index contributed by atoms with van der Waals surface area (Å²) in [5.74, 6) is 1.94. The molecule has 1 aromatic rings.